The number of H-pyrrole nitrogens is 1. The highest BCUT2D eigenvalue weighted by Crippen LogP contribution is 2.19. The van der Waals surface area contributed by atoms with Crippen molar-refractivity contribution in [2.45, 2.75) is 19.0 Å². The van der Waals surface area contributed by atoms with Gasteiger partial charge >= 0.3 is 0 Å². The molecule has 0 aliphatic carbocycles. The zero-order valence-corrected chi connectivity index (χ0v) is 14.7. The molecular formula is C20H22N4O2. The van der Waals surface area contributed by atoms with Crippen LogP contribution < -0.4 is 10.1 Å². The third-order valence-electron chi connectivity index (χ3n) is 4.86. The lowest BCUT2D eigenvalue weighted by Crippen LogP contribution is -2.37. The van der Waals surface area contributed by atoms with E-state index in [-0.39, 0.29) is 11.9 Å². The zero-order valence-electron chi connectivity index (χ0n) is 14.7. The van der Waals surface area contributed by atoms with Gasteiger partial charge in [0.2, 0.25) is 5.88 Å². The van der Waals surface area contributed by atoms with Crippen LogP contribution in [0.25, 0.3) is 10.9 Å². The molecule has 6 heteroatoms. The molecule has 0 saturated carbocycles. The van der Waals surface area contributed by atoms with Crippen LogP contribution in [0.4, 0.5) is 0 Å². The van der Waals surface area contributed by atoms with E-state index in [9.17, 15) is 4.79 Å². The molecule has 1 atom stereocenters. The second-order valence-corrected chi connectivity index (χ2v) is 6.65. The fourth-order valence-corrected chi connectivity index (χ4v) is 3.52. The summed E-state index contributed by atoms with van der Waals surface area (Å²) >= 11 is 0. The number of fused-ring (bicyclic) bond motifs is 1. The number of aromatic nitrogens is 2. The predicted molar refractivity (Wildman–Crippen MR) is 100 cm³/mol. The number of amides is 1. The number of likely N-dealkylation sites (tertiary alicyclic amines) is 1. The van der Waals surface area contributed by atoms with Crippen LogP contribution in [0.15, 0.2) is 48.8 Å². The first kappa shape index (κ1) is 16.6. The Morgan fingerprint density at radius 2 is 2.27 bits per heavy atom. The van der Waals surface area contributed by atoms with Gasteiger partial charge in [0.1, 0.15) is 0 Å². The minimum atomic E-state index is -0.00633. The van der Waals surface area contributed by atoms with Crippen LogP contribution in [-0.4, -0.2) is 47.0 Å². The topological polar surface area (TPSA) is 70.2 Å². The molecule has 0 radical (unpaired) electrons. The van der Waals surface area contributed by atoms with E-state index in [2.05, 4.69) is 20.2 Å². The summed E-state index contributed by atoms with van der Waals surface area (Å²) in [5, 5.41) is 4.14. The second kappa shape index (κ2) is 7.17. The molecule has 1 unspecified atom stereocenters. The molecule has 3 heterocycles. The first-order valence-electron chi connectivity index (χ1n) is 8.81. The first-order chi connectivity index (χ1) is 12.7. The number of carbonyl (C=O) groups excluding carboxylic acids is 1. The van der Waals surface area contributed by atoms with Gasteiger partial charge in [-0.3, -0.25) is 9.69 Å². The summed E-state index contributed by atoms with van der Waals surface area (Å²) in [7, 11) is 1.61. The molecule has 1 aromatic carbocycles. The van der Waals surface area contributed by atoms with Crippen molar-refractivity contribution in [2.24, 2.45) is 0 Å². The molecule has 0 spiro atoms. The normalized spacial score (nSPS) is 17.5. The molecular weight excluding hydrogens is 328 g/mol. The molecule has 2 N–H and O–H groups in total. The number of nitrogens with one attached hydrogen (secondary N) is 2. The predicted octanol–water partition coefficient (Wildman–Crippen LogP) is 2.58. The van der Waals surface area contributed by atoms with Gasteiger partial charge in [0.05, 0.1) is 7.11 Å². The Kier molecular flexibility index (Phi) is 4.58. The van der Waals surface area contributed by atoms with E-state index in [4.69, 9.17) is 4.74 Å². The van der Waals surface area contributed by atoms with Crippen LogP contribution in [0.1, 0.15) is 22.3 Å². The van der Waals surface area contributed by atoms with Crippen molar-refractivity contribution in [3.63, 3.8) is 0 Å². The zero-order chi connectivity index (χ0) is 17.9. The van der Waals surface area contributed by atoms with Crippen LogP contribution in [0.5, 0.6) is 5.88 Å². The molecule has 1 aliphatic rings. The van der Waals surface area contributed by atoms with Crippen molar-refractivity contribution in [3.8, 4) is 5.88 Å². The molecule has 1 aliphatic heterocycles. The molecule has 1 amide bonds. The first-order valence-corrected chi connectivity index (χ1v) is 8.81. The fraction of sp³-hybridized carbons (Fsp3) is 0.300. The maximum Gasteiger partial charge on any atom is 0.252 e. The highest BCUT2D eigenvalue weighted by atomic mass is 16.5. The lowest BCUT2D eigenvalue weighted by Gasteiger charge is -2.17. The van der Waals surface area contributed by atoms with Crippen LogP contribution in [-0.2, 0) is 6.54 Å². The van der Waals surface area contributed by atoms with E-state index in [1.54, 1.807) is 7.11 Å². The van der Waals surface area contributed by atoms with Gasteiger partial charge in [-0.2, -0.15) is 0 Å². The highest BCUT2D eigenvalue weighted by Gasteiger charge is 2.24. The molecule has 0 bridgehead atoms. The SMILES string of the molecule is COc1ccc(CN2CCC(NC(=O)c3cccc4[nH]ccc34)C2)cn1. The second-order valence-electron chi connectivity index (χ2n) is 6.65. The number of carbonyl (C=O) groups is 1. The minimum Gasteiger partial charge on any atom is -0.481 e. The molecule has 4 rings (SSSR count). The molecule has 1 fully saturated rings. The van der Waals surface area contributed by atoms with E-state index >= 15 is 0 Å². The average Bonchev–Trinajstić information content (AvgIpc) is 3.31. The van der Waals surface area contributed by atoms with Crippen molar-refractivity contribution in [1.82, 2.24) is 20.2 Å². The number of hydrogen-bond donors (Lipinski definition) is 2. The third kappa shape index (κ3) is 3.41. The standard InChI is InChI=1S/C20H22N4O2/c1-26-19-6-5-14(11-22-19)12-24-10-8-15(13-24)23-20(25)17-3-2-4-18-16(17)7-9-21-18/h2-7,9,11,15,21H,8,10,12-13H2,1H3,(H,23,25). The van der Waals surface area contributed by atoms with Crippen molar-refractivity contribution < 1.29 is 9.53 Å². The summed E-state index contributed by atoms with van der Waals surface area (Å²) < 4.78 is 5.09. The highest BCUT2D eigenvalue weighted by molar-refractivity contribution is 6.06. The number of methoxy groups -OCH3 is 1. The number of aromatic amines is 1. The van der Waals surface area contributed by atoms with Crippen molar-refractivity contribution in [1.29, 1.82) is 0 Å². The van der Waals surface area contributed by atoms with Crippen LogP contribution in [0, 0.1) is 0 Å². The summed E-state index contributed by atoms with van der Waals surface area (Å²) in [6, 6.07) is 11.8. The lowest BCUT2D eigenvalue weighted by molar-refractivity contribution is 0.0939. The Labute approximate surface area is 152 Å². The fourth-order valence-electron chi connectivity index (χ4n) is 3.52. The molecule has 134 valence electrons. The van der Waals surface area contributed by atoms with Crippen molar-refractivity contribution >= 4 is 16.8 Å². The number of ether oxygens (including phenoxy) is 1. The number of nitrogens with zero attached hydrogens (tertiary/aromatic N) is 2. The Hall–Kier alpha value is -2.86. The van der Waals surface area contributed by atoms with Crippen LogP contribution in [0.3, 0.4) is 0 Å². The third-order valence-corrected chi connectivity index (χ3v) is 4.86. The Morgan fingerprint density at radius 3 is 3.08 bits per heavy atom. The Balaban J connectivity index is 1.36. The quantitative estimate of drug-likeness (QED) is 0.742. The van der Waals surface area contributed by atoms with E-state index in [1.807, 2.05) is 48.8 Å². The summed E-state index contributed by atoms with van der Waals surface area (Å²) in [5.74, 6) is 0.618. The van der Waals surface area contributed by atoms with Crippen LogP contribution >= 0.6 is 0 Å². The van der Waals surface area contributed by atoms with Gasteiger partial charge in [-0.1, -0.05) is 12.1 Å². The monoisotopic (exact) mass is 350 g/mol. The number of hydrogen-bond acceptors (Lipinski definition) is 4. The minimum absolute atomic E-state index is 0.00633. The molecule has 26 heavy (non-hydrogen) atoms. The summed E-state index contributed by atoms with van der Waals surface area (Å²) in [6.07, 6.45) is 4.66. The molecule has 1 saturated heterocycles. The number of pyridine rings is 1. The largest absolute Gasteiger partial charge is 0.481 e. The molecule has 6 nitrogen and oxygen atoms in total. The number of benzene rings is 1. The summed E-state index contributed by atoms with van der Waals surface area (Å²) in [4.78, 5) is 22.4. The van der Waals surface area contributed by atoms with Gasteiger partial charge in [-0.15, -0.1) is 0 Å². The van der Waals surface area contributed by atoms with E-state index in [0.29, 0.717) is 5.88 Å². The van der Waals surface area contributed by atoms with E-state index in [0.717, 1.165) is 48.1 Å². The summed E-state index contributed by atoms with van der Waals surface area (Å²) in [5.41, 5.74) is 2.86. The van der Waals surface area contributed by atoms with Crippen molar-refractivity contribution in [2.75, 3.05) is 20.2 Å². The summed E-state index contributed by atoms with van der Waals surface area (Å²) in [6.45, 7) is 2.64. The Morgan fingerprint density at radius 1 is 1.35 bits per heavy atom. The van der Waals surface area contributed by atoms with Gasteiger partial charge in [-0.25, -0.2) is 4.98 Å². The van der Waals surface area contributed by atoms with Gasteiger partial charge in [0.15, 0.2) is 0 Å². The molecule has 2 aromatic heterocycles. The van der Waals surface area contributed by atoms with Gasteiger partial charge < -0.3 is 15.0 Å². The van der Waals surface area contributed by atoms with Gasteiger partial charge in [0.25, 0.3) is 5.91 Å². The lowest BCUT2D eigenvalue weighted by atomic mass is 10.1. The average molecular weight is 350 g/mol. The van der Waals surface area contributed by atoms with E-state index < -0.39 is 0 Å². The van der Waals surface area contributed by atoms with E-state index in [1.165, 1.54) is 0 Å². The van der Waals surface area contributed by atoms with Gasteiger partial charge in [0, 0.05) is 60.6 Å². The maximum atomic E-state index is 12.7. The van der Waals surface area contributed by atoms with Gasteiger partial charge in [-0.05, 0) is 30.2 Å². The Bertz CT molecular complexity index is 904. The van der Waals surface area contributed by atoms with Crippen LogP contribution in [0.2, 0.25) is 0 Å². The molecule has 3 aromatic rings. The number of rotatable bonds is 5. The van der Waals surface area contributed by atoms with Crippen molar-refractivity contribution in [3.05, 3.63) is 59.9 Å². The maximum absolute atomic E-state index is 12.7. The smallest absolute Gasteiger partial charge is 0.252 e.